The Labute approximate surface area is 205 Å². The summed E-state index contributed by atoms with van der Waals surface area (Å²) in [6.45, 7) is 9.66. The SMILES string of the molecule is C=CCOc1ccc(C2c3c(oc4cc(C)c(C)cc4c3=O)C(=O)N2c2nnc(C)s2)cc1OC. The van der Waals surface area contributed by atoms with Crippen LogP contribution in [0.15, 0.2) is 52.2 Å². The van der Waals surface area contributed by atoms with Crippen molar-refractivity contribution in [1.29, 1.82) is 0 Å². The van der Waals surface area contributed by atoms with Gasteiger partial charge in [-0.05, 0) is 61.7 Å². The lowest BCUT2D eigenvalue weighted by atomic mass is 9.97. The summed E-state index contributed by atoms with van der Waals surface area (Å²) in [5.41, 5.74) is 2.98. The van der Waals surface area contributed by atoms with Gasteiger partial charge in [0.15, 0.2) is 16.9 Å². The molecule has 0 bridgehead atoms. The third-order valence-electron chi connectivity index (χ3n) is 6.07. The minimum absolute atomic E-state index is 0.00885. The number of anilines is 1. The van der Waals surface area contributed by atoms with Gasteiger partial charge in [-0.25, -0.2) is 0 Å². The lowest BCUT2D eigenvalue weighted by molar-refractivity contribution is 0.0970. The second-order valence-electron chi connectivity index (χ2n) is 8.30. The lowest BCUT2D eigenvalue weighted by Crippen LogP contribution is -2.29. The van der Waals surface area contributed by atoms with Crippen LogP contribution in [0.4, 0.5) is 5.13 Å². The first-order valence-corrected chi connectivity index (χ1v) is 11.8. The Morgan fingerprint density at radius 1 is 1.11 bits per heavy atom. The van der Waals surface area contributed by atoms with Crippen molar-refractivity contribution in [3.8, 4) is 11.5 Å². The van der Waals surface area contributed by atoms with Crippen LogP contribution in [0.3, 0.4) is 0 Å². The highest BCUT2D eigenvalue weighted by atomic mass is 32.1. The Hall–Kier alpha value is -3.98. The maximum absolute atomic E-state index is 13.8. The fourth-order valence-electron chi connectivity index (χ4n) is 4.25. The van der Waals surface area contributed by atoms with Gasteiger partial charge in [0.05, 0.1) is 24.1 Å². The zero-order valence-electron chi connectivity index (χ0n) is 19.7. The number of nitrogens with zero attached hydrogens (tertiary/aromatic N) is 3. The summed E-state index contributed by atoms with van der Waals surface area (Å²) in [6, 6.07) is 8.15. The van der Waals surface area contributed by atoms with Crippen molar-refractivity contribution < 1.29 is 18.7 Å². The first kappa shape index (κ1) is 22.8. The number of carbonyl (C=O) groups excluding carboxylic acids is 1. The minimum atomic E-state index is -0.769. The molecule has 2 aromatic heterocycles. The second kappa shape index (κ2) is 8.66. The molecule has 8 nitrogen and oxygen atoms in total. The third-order valence-corrected chi connectivity index (χ3v) is 6.91. The van der Waals surface area contributed by atoms with Crippen molar-refractivity contribution in [2.75, 3.05) is 18.6 Å². The molecule has 35 heavy (non-hydrogen) atoms. The van der Waals surface area contributed by atoms with E-state index in [1.165, 1.54) is 23.3 Å². The summed E-state index contributed by atoms with van der Waals surface area (Å²) in [5.74, 6) is 0.560. The van der Waals surface area contributed by atoms with Gasteiger partial charge in [-0.1, -0.05) is 30.1 Å². The number of fused-ring (bicyclic) bond motifs is 2. The van der Waals surface area contributed by atoms with E-state index >= 15 is 0 Å². The molecule has 1 atom stereocenters. The van der Waals surface area contributed by atoms with Crippen LogP contribution in [0.25, 0.3) is 11.0 Å². The van der Waals surface area contributed by atoms with Gasteiger partial charge in [-0.15, -0.1) is 10.2 Å². The predicted molar refractivity (Wildman–Crippen MR) is 134 cm³/mol. The van der Waals surface area contributed by atoms with Crippen LogP contribution in [0.5, 0.6) is 11.5 Å². The van der Waals surface area contributed by atoms with Gasteiger partial charge >= 0.3 is 0 Å². The molecular formula is C26H23N3O5S. The Balaban J connectivity index is 1.77. The molecule has 0 saturated carbocycles. The minimum Gasteiger partial charge on any atom is -0.493 e. The number of amides is 1. The van der Waals surface area contributed by atoms with Crippen molar-refractivity contribution in [3.63, 3.8) is 0 Å². The number of aromatic nitrogens is 2. The molecule has 1 aliphatic rings. The summed E-state index contributed by atoms with van der Waals surface area (Å²) < 4.78 is 17.3. The van der Waals surface area contributed by atoms with Gasteiger partial charge in [0.1, 0.15) is 17.2 Å². The molecular weight excluding hydrogens is 466 g/mol. The van der Waals surface area contributed by atoms with Gasteiger partial charge < -0.3 is 13.9 Å². The van der Waals surface area contributed by atoms with Crippen molar-refractivity contribution in [1.82, 2.24) is 10.2 Å². The van der Waals surface area contributed by atoms with Crippen LogP contribution in [0, 0.1) is 20.8 Å². The molecule has 0 N–H and O–H groups in total. The number of carbonyl (C=O) groups is 1. The molecule has 0 fully saturated rings. The van der Waals surface area contributed by atoms with Crippen molar-refractivity contribution in [3.05, 3.63) is 86.2 Å². The van der Waals surface area contributed by atoms with Gasteiger partial charge in [-0.2, -0.15) is 0 Å². The fourth-order valence-corrected chi connectivity index (χ4v) is 4.96. The number of aryl methyl sites for hydroxylation is 3. The highest BCUT2D eigenvalue weighted by Gasteiger charge is 2.45. The van der Waals surface area contributed by atoms with Gasteiger partial charge in [0.25, 0.3) is 5.91 Å². The zero-order chi connectivity index (χ0) is 24.9. The van der Waals surface area contributed by atoms with Crippen LogP contribution in [0.1, 0.15) is 43.9 Å². The van der Waals surface area contributed by atoms with E-state index in [2.05, 4.69) is 16.8 Å². The lowest BCUT2D eigenvalue weighted by Gasteiger charge is -2.23. The molecule has 178 valence electrons. The Morgan fingerprint density at radius 2 is 1.89 bits per heavy atom. The molecule has 1 unspecified atom stereocenters. The quantitative estimate of drug-likeness (QED) is 0.356. The maximum atomic E-state index is 13.8. The van der Waals surface area contributed by atoms with Crippen LogP contribution in [0.2, 0.25) is 0 Å². The third kappa shape index (κ3) is 3.68. The van der Waals surface area contributed by atoms with E-state index in [0.29, 0.717) is 44.8 Å². The first-order valence-electron chi connectivity index (χ1n) is 11.0. The molecule has 9 heteroatoms. The number of ether oxygens (including phenoxy) is 2. The monoisotopic (exact) mass is 489 g/mol. The van der Waals surface area contributed by atoms with Crippen LogP contribution in [-0.2, 0) is 0 Å². The van der Waals surface area contributed by atoms with E-state index in [-0.39, 0.29) is 16.8 Å². The van der Waals surface area contributed by atoms with E-state index < -0.39 is 11.9 Å². The predicted octanol–water partition coefficient (Wildman–Crippen LogP) is 4.89. The highest BCUT2D eigenvalue weighted by molar-refractivity contribution is 7.15. The second-order valence-corrected chi connectivity index (χ2v) is 9.46. The van der Waals surface area contributed by atoms with Gasteiger partial charge in [0, 0.05) is 0 Å². The van der Waals surface area contributed by atoms with Crippen molar-refractivity contribution in [2.45, 2.75) is 26.8 Å². The molecule has 0 aliphatic carbocycles. The number of rotatable bonds is 6. The zero-order valence-corrected chi connectivity index (χ0v) is 20.6. The van der Waals surface area contributed by atoms with Gasteiger partial charge in [-0.3, -0.25) is 14.5 Å². The molecule has 1 aliphatic heterocycles. The van der Waals surface area contributed by atoms with Crippen LogP contribution < -0.4 is 19.8 Å². The number of methoxy groups -OCH3 is 1. The first-order chi connectivity index (χ1) is 16.8. The Bertz CT molecular complexity index is 1550. The summed E-state index contributed by atoms with van der Waals surface area (Å²) in [5, 5.41) is 9.79. The van der Waals surface area contributed by atoms with Crippen molar-refractivity contribution in [2.24, 2.45) is 0 Å². The largest absolute Gasteiger partial charge is 0.493 e. The molecule has 5 rings (SSSR count). The van der Waals surface area contributed by atoms with Crippen LogP contribution in [-0.4, -0.2) is 29.8 Å². The Kier molecular flexibility index (Phi) is 5.64. The highest BCUT2D eigenvalue weighted by Crippen LogP contribution is 2.44. The molecule has 2 aromatic carbocycles. The van der Waals surface area contributed by atoms with E-state index in [1.807, 2.05) is 26.8 Å². The number of benzene rings is 2. The molecule has 0 saturated heterocycles. The molecule has 1 amide bonds. The maximum Gasteiger partial charge on any atom is 0.297 e. The van der Waals surface area contributed by atoms with E-state index in [1.54, 1.807) is 30.3 Å². The van der Waals surface area contributed by atoms with Gasteiger partial charge in [0.2, 0.25) is 10.9 Å². The van der Waals surface area contributed by atoms with E-state index in [0.717, 1.165) is 11.1 Å². The average molecular weight is 490 g/mol. The van der Waals surface area contributed by atoms with Crippen LogP contribution >= 0.6 is 11.3 Å². The summed E-state index contributed by atoms with van der Waals surface area (Å²) in [7, 11) is 1.53. The molecule has 0 radical (unpaired) electrons. The average Bonchev–Trinajstić information content (AvgIpc) is 3.39. The van der Waals surface area contributed by atoms with Crippen molar-refractivity contribution >= 4 is 33.3 Å². The Morgan fingerprint density at radius 3 is 2.57 bits per heavy atom. The molecule has 4 aromatic rings. The normalized spacial score (nSPS) is 14.9. The number of hydrogen-bond donors (Lipinski definition) is 0. The summed E-state index contributed by atoms with van der Waals surface area (Å²) in [4.78, 5) is 29.0. The fraction of sp³-hybridized carbons (Fsp3) is 0.231. The van der Waals surface area contributed by atoms with E-state index in [4.69, 9.17) is 13.9 Å². The number of hydrogen-bond acceptors (Lipinski definition) is 8. The molecule has 3 heterocycles. The standard InChI is InChI=1S/C26H23N3O5S/c1-6-9-33-18-8-7-16(12-20(18)32-5)22-21-23(30)17-10-13(2)14(3)11-19(17)34-24(21)25(31)29(22)26-28-27-15(4)35-26/h6-8,10-12,22H,1,9H2,2-5H3. The summed E-state index contributed by atoms with van der Waals surface area (Å²) >= 11 is 1.27. The topological polar surface area (TPSA) is 94.8 Å². The summed E-state index contributed by atoms with van der Waals surface area (Å²) in [6.07, 6.45) is 1.64. The van der Waals surface area contributed by atoms with E-state index in [9.17, 15) is 9.59 Å². The molecule has 0 spiro atoms. The smallest absolute Gasteiger partial charge is 0.297 e.